The van der Waals surface area contributed by atoms with Gasteiger partial charge in [-0.15, -0.1) is 0 Å². The summed E-state index contributed by atoms with van der Waals surface area (Å²) in [5.41, 5.74) is 2.30. The molecule has 0 aromatic heterocycles. The molecule has 0 aliphatic rings. The molecule has 0 fully saturated rings. The Labute approximate surface area is 130 Å². The number of hydrogen-bond donors (Lipinski definition) is 0. The summed E-state index contributed by atoms with van der Waals surface area (Å²) in [6.45, 7) is 5.86. The van der Waals surface area contributed by atoms with Crippen LogP contribution in [0.5, 0.6) is 5.75 Å². The van der Waals surface area contributed by atoms with Gasteiger partial charge in [-0.3, -0.25) is 0 Å². The molecular formula is C18H18O4. The van der Waals surface area contributed by atoms with E-state index in [0.717, 1.165) is 17.4 Å². The van der Waals surface area contributed by atoms with Crippen LogP contribution in [-0.4, -0.2) is 26.0 Å². The average molecular weight is 298 g/mol. The van der Waals surface area contributed by atoms with Gasteiger partial charge in [0.15, 0.2) is 0 Å². The van der Waals surface area contributed by atoms with E-state index in [9.17, 15) is 4.79 Å². The van der Waals surface area contributed by atoms with E-state index in [1.54, 1.807) is 0 Å². The second-order valence-electron chi connectivity index (χ2n) is 4.11. The zero-order valence-corrected chi connectivity index (χ0v) is 12.2. The van der Waals surface area contributed by atoms with Crippen molar-refractivity contribution >= 4 is 12.8 Å². The highest BCUT2D eigenvalue weighted by atomic mass is 16.6. The Balaban J connectivity index is 0.00000116. The van der Waals surface area contributed by atoms with E-state index in [-0.39, 0.29) is 6.61 Å². The van der Waals surface area contributed by atoms with Crippen LogP contribution in [0.3, 0.4) is 0 Å². The normalized spacial score (nSPS) is 9.09. The van der Waals surface area contributed by atoms with Crippen LogP contribution in [0.2, 0.25) is 0 Å². The average Bonchev–Trinajstić information content (AvgIpc) is 2.61. The maximum absolute atomic E-state index is 10.8. The summed E-state index contributed by atoms with van der Waals surface area (Å²) in [5.74, 6) is 0.312. The van der Waals surface area contributed by atoms with Gasteiger partial charge in [0.1, 0.15) is 25.8 Å². The molecule has 0 atom stereocenters. The predicted octanol–water partition coefficient (Wildman–Crippen LogP) is 3.28. The van der Waals surface area contributed by atoms with Gasteiger partial charge in [0.25, 0.3) is 0 Å². The Kier molecular flexibility index (Phi) is 7.76. The first-order chi connectivity index (χ1) is 10.8. The monoisotopic (exact) mass is 298 g/mol. The lowest BCUT2D eigenvalue weighted by atomic mass is 10.1. The van der Waals surface area contributed by atoms with Crippen molar-refractivity contribution < 1.29 is 19.1 Å². The third-order valence-electron chi connectivity index (χ3n) is 2.72. The molecule has 0 aliphatic carbocycles. The lowest BCUT2D eigenvalue weighted by molar-refractivity contribution is -0.138. The number of carbonyl (C=O) groups is 2. The number of hydrogen-bond acceptors (Lipinski definition) is 4. The summed E-state index contributed by atoms with van der Waals surface area (Å²) < 4.78 is 10.3. The van der Waals surface area contributed by atoms with Crippen molar-refractivity contribution in [3.8, 4) is 16.9 Å². The van der Waals surface area contributed by atoms with Crippen LogP contribution in [0.1, 0.15) is 0 Å². The number of carbonyl (C=O) groups excluding carboxylic acids is 2. The molecule has 4 nitrogen and oxygen atoms in total. The third kappa shape index (κ3) is 5.63. The van der Waals surface area contributed by atoms with Gasteiger partial charge >= 0.3 is 5.97 Å². The molecule has 0 amide bonds. The first-order valence-electron chi connectivity index (χ1n) is 6.66. The third-order valence-corrected chi connectivity index (χ3v) is 2.72. The molecule has 0 N–H and O–H groups in total. The van der Waals surface area contributed by atoms with Crippen molar-refractivity contribution in [3.05, 3.63) is 67.3 Å². The highest BCUT2D eigenvalue weighted by Crippen LogP contribution is 2.21. The largest absolute Gasteiger partial charge is 0.490 e. The second kappa shape index (κ2) is 9.94. The van der Waals surface area contributed by atoms with Gasteiger partial charge in [-0.25, -0.2) is 4.79 Å². The molecule has 114 valence electrons. The molecule has 2 aromatic rings. The van der Waals surface area contributed by atoms with Crippen molar-refractivity contribution in [1.29, 1.82) is 0 Å². The summed E-state index contributed by atoms with van der Waals surface area (Å²) in [5, 5.41) is 0. The van der Waals surface area contributed by atoms with E-state index in [2.05, 4.69) is 18.7 Å². The lowest BCUT2D eigenvalue weighted by Gasteiger charge is -2.07. The van der Waals surface area contributed by atoms with Gasteiger partial charge in [-0.1, -0.05) is 49.0 Å². The first kappa shape index (κ1) is 17.2. The second-order valence-corrected chi connectivity index (χ2v) is 4.11. The molecule has 0 spiro atoms. The van der Waals surface area contributed by atoms with Gasteiger partial charge in [-0.2, -0.15) is 0 Å². The minimum Gasteiger partial charge on any atom is -0.490 e. The molecule has 0 saturated heterocycles. The highest BCUT2D eigenvalue weighted by Gasteiger charge is 1.99. The van der Waals surface area contributed by atoms with Gasteiger partial charge < -0.3 is 14.3 Å². The van der Waals surface area contributed by atoms with E-state index in [4.69, 9.17) is 14.3 Å². The minimum absolute atomic E-state index is 0.214. The molecule has 0 unspecified atom stereocenters. The number of esters is 1. The lowest BCUT2D eigenvalue weighted by Crippen LogP contribution is -2.10. The molecule has 0 saturated carbocycles. The molecule has 2 aromatic carbocycles. The Morgan fingerprint density at radius 2 is 1.50 bits per heavy atom. The quantitative estimate of drug-likeness (QED) is 0.466. The Bertz CT molecular complexity index is 576. The predicted molar refractivity (Wildman–Crippen MR) is 85.7 cm³/mol. The van der Waals surface area contributed by atoms with Gasteiger partial charge in [-0.05, 0) is 23.3 Å². The maximum Gasteiger partial charge on any atom is 0.330 e. The van der Waals surface area contributed by atoms with Gasteiger partial charge in [0, 0.05) is 6.08 Å². The van der Waals surface area contributed by atoms with Crippen LogP contribution in [0, 0.1) is 0 Å². The van der Waals surface area contributed by atoms with Crippen LogP contribution in [0.15, 0.2) is 67.3 Å². The molecule has 2 rings (SSSR count). The van der Waals surface area contributed by atoms with Crippen LogP contribution >= 0.6 is 0 Å². The van der Waals surface area contributed by atoms with Crippen LogP contribution in [0.4, 0.5) is 0 Å². The molecular weight excluding hydrogens is 280 g/mol. The molecule has 0 heterocycles. The summed E-state index contributed by atoms with van der Waals surface area (Å²) in [7, 11) is 0. The summed E-state index contributed by atoms with van der Waals surface area (Å²) in [6, 6.07) is 17.9. The fourth-order valence-electron chi connectivity index (χ4n) is 1.73. The minimum atomic E-state index is -0.437. The SMILES string of the molecule is C=CC(=O)OCCOc1ccc(-c2ccccc2)cc1.C=O. The summed E-state index contributed by atoms with van der Waals surface area (Å²) in [6.07, 6.45) is 1.13. The van der Waals surface area contributed by atoms with Crippen LogP contribution < -0.4 is 4.74 Å². The van der Waals surface area contributed by atoms with Crippen molar-refractivity contribution in [3.63, 3.8) is 0 Å². The Hall–Kier alpha value is -2.88. The standard InChI is InChI=1S/C17H16O3.CH2O/c1-2-17(18)20-13-12-19-16-10-8-15(9-11-16)14-6-4-3-5-7-14;1-2/h2-11H,1,12-13H2;1H2. The van der Waals surface area contributed by atoms with E-state index >= 15 is 0 Å². The zero-order valence-electron chi connectivity index (χ0n) is 12.2. The van der Waals surface area contributed by atoms with Gasteiger partial charge in [0.05, 0.1) is 0 Å². The number of ether oxygens (including phenoxy) is 2. The molecule has 0 bridgehead atoms. The molecule has 0 radical (unpaired) electrons. The van der Waals surface area contributed by atoms with Crippen molar-refractivity contribution in [2.45, 2.75) is 0 Å². The molecule has 22 heavy (non-hydrogen) atoms. The number of benzene rings is 2. The number of rotatable bonds is 6. The Morgan fingerprint density at radius 1 is 0.909 bits per heavy atom. The van der Waals surface area contributed by atoms with E-state index < -0.39 is 5.97 Å². The Morgan fingerprint density at radius 3 is 2.09 bits per heavy atom. The smallest absolute Gasteiger partial charge is 0.330 e. The maximum atomic E-state index is 10.8. The van der Waals surface area contributed by atoms with Crippen molar-refractivity contribution in [2.24, 2.45) is 0 Å². The first-order valence-corrected chi connectivity index (χ1v) is 6.66. The van der Waals surface area contributed by atoms with Crippen LogP contribution in [0.25, 0.3) is 11.1 Å². The fraction of sp³-hybridized carbons (Fsp3) is 0.111. The summed E-state index contributed by atoms with van der Waals surface area (Å²) >= 11 is 0. The topological polar surface area (TPSA) is 52.6 Å². The van der Waals surface area contributed by atoms with Crippen LogP contribution in [-0.2, 0) is 14.3 Å². The van der Waals surface area contributed by atoms with Crippen molar-refractivity contribution in [2.75, 3.05) is 13.2 Å². The van der Waals surface area contributed by atoms with E-state index in [1.165, 1.54) is 5.56 Å². The van der Waals surface area contributed by atoms with Gasteiger partial charge in [0.2, 0.25) is 0 Å². The highest BCUT2D eigenvalue weighted by molar-refractivity contribution is 5.81. The zero-order chi connectivity index (χ0) is 16.2. The molecule has 4 heteroatoms. The van der Waals surface area contributed by atoms with E-state index in [1.807, 2.05) is 49.3 Å². The fourth-order valence-corrected chi connectivity index (χ4v) is 1.73. The van der Waals surface area contributed by atoms with E-state index in [0.29, 0.717) is 6.61 Å². The summed E-state index contributed by atoms with van der Waals surface area (Å²) in [4.78, 5) is 18.8. The molecule has 0 aliphatic heterocycles. The van der Waals surface area contributed by atoms with Crippen molar-refractivity contribution in [1.82, 2.24) is 0 Å².